The van der Waals surface area contributed by atoms with Gasteiger partial charge in [0.15, 0.2) is 0 Å². The number of carbonyl (C=O) groups excluding carboxylic acids is 1. The van der Waals surface area contributed by atoms with Crippen LogP contribution in [0.1, 0.15) is 29.0 Å². The van der Waals surface area contributed by atoms with Crippen molar-refractivity contribution in [3.05, 3.63) is 76.9 Å². The van der Waals surface area contributed by atoms with Gasteiger partial charge in [0.25, 0.3) is 0 Å². The van der Waals surface area contributed by atoms with Crippen molar-refractivity contribution < 1.29 is 13.6 Å². The van der Waals surface area contributed by atoms with E-state index in [0.717, 1.165) is 42.1 Å². The summed E-state index contributed by atoms with van der Waals surface area (Å²) in [4.78, 5) is 19.9. The number of nitrogens with one attached hydrogen (secondary N) is 2. The highest BCUT2D eigenvalue weighted by Crippen LogP contribution is 2.28. The molecule has 2 aliphatic heterocycles. The number of fused-ring (bicyclic) bond motifs is 1. The van der Waals surface area contributed by atoms with Crippen LogP contribution in [0.25, 0.3) is 11.5 Å². The summed E-state index contributed by atoms with van der Waals surface area (Å²) >= 11 is 1.63. The molecule has 3 heterocycles. The number of nitrogens with zero attached hydrogens (tertiary/aromatic N) is 2. The summed E-state index contributed by atoms with van der Waals surface area (Å²) in [6.07, 6.45) is 0.900. The van der Waals surface area contributed by atoms with Crippen LogP contribution in [0, 0.1) is 25.6 Å². The predicted octanol–water partition coefficient (Wildman–Crippen LogP) is 4.22. The van der Waals surface area contributed by atoms with Crippen LogP contribution in [0.15, 0.2) is 52.9 Å². The Hall–Kier alpha value is -2.68. The molecule has 3 unspecified atom stereocenters. The van der Waals surface area contributed by atoms with E-state index in [9.17, 15) is 9.18 Å². The van der Waals surface area contributed by atoms with Crippen molar-refractivity contribution in [1.82, 2.24) is 20.5 Å². The van der Waals surface area contributed by atoms with E-state index in [1.165, 1.54) is 17.7 Å². The Morgan fingerprint density at radius 2 is 1.91 bits per heavy atom. The first-order chi connectivity index (χ1) is 16.4. The molecule has 5 rings (SSSR count). The van der Waals surface area contributed by atoms with E-state index < -0.39 is 0 Å². The van der Waals surface area contributed by atoms with Crippen LogP contribution >= 0.6 is 11.8 Å². The topological polar surface area (TPSA) is 70.4 Å². The number of hydrogen-bond donors (Lipinski definition) is 2. The van der Waals surface area contributed by atoms with Crippen molar-refractivity contribution in [2.45, 2.75) is 44.1 Å². The number of carbonyl (C=O) groups is 1. The van der Waals surface area contributed by atoms with Crippen molar-refractivity contribution in [1.29, 1.82) is 0 Å². The summed E-state index contributed by atoms with van der Waals surface area (Å²) in [5, 5.41) is 6.73. The molecular weight excluding hydrogens is 451 g/mol. The molecule has 3 aromatic rings. The first-order valence-corrected chi connectivity index (χ1v) is 12.7. The highest BCUT2D eigenvalue weighted by atomic mass is 32.2. The molecule has 34 heavy (non-hydrogen) atoms. The third-order valence-electron chi connectivity index (χ3n) is 6.57. The number of oxazole rings is 1. The predicted molar refractivity (Wildman–Crippen MR) is 131 cm³/mol. The van der Waals surface area contributed by atoms with Gasteiger partial charge < -0.3 is 9.73 Å². The first kappa shape index (κ1) is 23.1. The Balaban J connectivity index is 1.16. The van der Waals surface area contributed by atoms with E-state index in [-0.39, 0.29) is 29.2 Å². The molecule has 0 bridgehead atoms. The second-order valence-electron chi connectivity index (χ2n) is 9.12. The Kier molecular flexibility index (Phi) is 6.72. The molecule has 3 atom stereocenters. The van der Waals surface area contributed by atoms with Crippen LogP contribution in [-0.2, 0) is 17.1 Å². The summed E-state index contributed by atoms with van der Waals surface area (Å²) < 4.78 is 19.1. The maximum atomic E-state index is 13.2. The van der Waals surface area contributed by atoms with Crippen molar-refractivity contribution in [2.24, 2.45) is 5.92 Å². The lowest BCUT2D eigenvalue weighted by Gasteiger charge is -2.43. The summed E-state index contributed by atoms with van der Waals surface area (Å²) in [5.41, 5.74) is 3.96. The average Bonchev–Trinajstić information content (AvgIpc) is 3.20. The minimum Gasteiger partial charge on any atom is -0.441 e. The van der Waals surface area contributed by atoms with Gasteiger partial charge in [0.2, 0.25) is 11.8 Å². The quantitative estimate of drug-likeness (QED) is 0.551. The largest absolute Gasteiger partial charge is 0.441 e. The van der Waals surface area contributed by atoms with Gasteiger partial charge in [0.1, 0.15) is 17.1 Å². The second kappa shape index (κ2) is 9.90. The van der Waals surface area contributed by atoms with Crippen LogP contribution in [0.5, 0.6) is 0 Å². The summed E-state index contributed by atoms with van der Waals surface area (Å²) in [6.45, 7) is 6.31. The lowest BCUT2D eigenvalue weighted by Crippen LogP contribution is -2.64. The van der Waals surface area contributed by atoms with Gasteiger partial charge in [-0.15, -0.1) is 11.8 Å². The number of aryl methyl sites for hydroxylation is 2. The zero-order chi connectivity index (χ0) is 23.7. The molecule has 6 nitrogen and oxygen atoms in total. The van der Waals surface area contributed by atoms with Gasteiger partial charge in [-0.05, 0) is 50.1 Å². The fraction of sp³-hybridized carbons (Fsp3) is 0.385. The van der Waals surface area contributed by atoms with Crippen LogP contribution in [0.4, 0.5) is 4.39 Å². The first-order valence-electron chi connectivity index (χ1n) is 11.6. The van der Waals surface area contributed by atoms with E-state index in [1.54, 1.807) is 11.8 Å². The average molecular weight is 481 g/mol. The van der Waals surface area contributed by atoms with Crippen LogP contribution < -0.4 is 10.6 Å². The van der Waals surface area contributed by atoms with Gasteiger partial charge in [-0.3, -0.25) is 15.0 Å². The molecule has 1 aromatic heterocycles. The monoisotopic (exact) mass is 480 g/mol. The van der Waals surface area contributed by atoms with Gasteiger partial charge in [-0.25, -0.2) is 9.37 Å². The molecule has 0 aliphatic carbocycles. The minimum absolute atomic E-state index is 0.0854. The lowest BCUT2D eigenvalue weighted by molar-refractivity contribution is -0.130. The zero-order valence-corrected chi connectivity index (χ0v) is 20.2. The number of piperidine rings is 1. The van der Waals surface area contributed by atoms with E-state index in [1.807, 2.05) is 43.3 Å². The molecule has 1 amide bonds. The molecule has 0 radical (unpaired) electrons. The molecule has 2 aromatic carbocycles. The molecule has 0 spiro atoms. The van der Waals surface area contributed by atoms with Crippen molar-refractivity contribution >= 4 is 17.7 Å². The Labute approximate surface area is 203 Å². The highest BCUT2D eigenvalue weighted by molar-refractivity contribution is 7.99. The molecule has 8 heteroatoms. The van der Waals surface area contributed by atoms with Crippen molar-refractivity contribution in [3.63, 3.8) is 0 Å². The van der Waals surface area contributed by atoms with Crippen LogP contribution in [-0.4, -0.2) is 40.4 Å². The van der Waals surface area contributed by atoms with Gasteiger partial charge >= 0.3 is 0 Å². The molecule has 0 saturated carbocycles. The normalized spacial score (nSPS) is 22.9. The summed E-state index contributed by atoms with van der Waals surface area (Å²) in [6, 6.07) is 14.9. The SMILES string of the molecule is Cc1ccc(-c2nc(CSC3NC(=O)C4CN(Cc5ccc(F)cc5)CCC4N3)c(C)o2)cc1. The number of benzene rings is 2. The van der Waals surface area contributed by atoms with Crippen LogP contribution in [0.3, 0.4) is 0 Å². The summed E-state index contributed by atoms with van der Waals surface area (Å²) in [7, 11) is 0. The highest BCUT2D eigenvalue weighted by Gasteiger charge is 2.40. The second-order valence-corrected chi connectivity index (χ2v) is 10.2. The van der Waals surface area contributed by atoms with E-state index in [0.29, 0.717) is 18.2 Å². The fourth-order valence-electron chi connectivity index (χ4n) is 4.58. The van der Waals surface area contributed by atoms with Crippen LogP contribution in [0.2, 0.25) is 0 Å². The summed E-state index contributed by atoms with van der Waals surface area (Å²) in [5.74, 6) is 1.84. The number of thioether (sulfide) groups is 1. The van der Waals surface area contributed by atoms with Crippen molar-refractivity contribution in [2.75, 3.05) is 13.1 Å². The molecule has 178 valence electrons. The maximum absolute atomic E-state index is 13.2. The molecule has 2 N–H and O–H groups in total. The van der Waals surface area contributed by atoms with Gasteiger partial charge in [0.05, 0.1) is 11.6 Å². The smallest absolute Gasteiger partial charge is 0.227 e. The third kappa shape index (κ3) is 5.19. The number of rotatable bonds is 6. The van der Waals surface area contributed by atoms with E-state index in [4.69, 9.17) is 9.40 Å². The number of aromatic nitrogens is 1. The van der Waals surface area contributed by atoms with Gasteiger partial charge in [-0.2, -0.15) is 0 Å². The fourth-order valence-corrected chi connectivity index (χ4v) is 5.65. The van der Waals surface area contributed by atoms with Gasteiger partial charge in [0, 0.05) is 37.0 Å². The van der Waals surface area contributed by atoms with E-state index >= 15 is 0 Å². The maximum Gasteiger partial charge on any atom is 0.227 e. The number of halogens is 1. The van der Waals surface area contributed by atoms with Crippen molar-refractivity contribution in [3.8, 4) is 11.5 Å². The van der Waals surface area contributed by atoms with E-state index in [2.05, 4.69) is 22.5 Å². The standard InChI is InChI=1S/C26H29FN4O2S/c1-16-3-7-19(8-4-16)25-28-23(17(2)33-25)15-34-26-29-22-11-12-31(14-21(22)24(32)30-26)13-18-5-9-20(27)10-6-18/h3-10,21-22,26,29H,11-15H2,1-2H3,(H,30,32). The number of hydrogen-bond acceptors (Lipinski definition) is 6. The Bertz CT molecular complexity index is 1150. The molecular formula is C26H29FN4O2S. The molecule has 2 fully saturated rings. The number of likely N-dealkylation sites (tertiary alicyclic amines) is 1. The Morgan fingerprint density at radius 1 is 1.15 bits per heavy atom. The number of amides is 1. The zero-order valence-electron chi connectivity index (χ0n) is 19.4. The lowest BCUT2D eigenvalue weighted by atomic mass is 9.89. The molecule has 2 saturated heterocycles. The molecule has 2 aliphatic rings. The van der Waals surface area contributed by atoms with Gasteiger partial charge in [-0.1, -0.05) is 29.8 Å². The third-order valence-corrected chi connectivity index (χ3v) is 7.60. The Morgan fingerprint density at radius 3 is 2.68 bits per heavy atom. The minimum atomic E-state index is -0.228.